The van der Waals surface area contributed by atoms with Crippen LogP contribution in [0.1, 0.15) is 16.8 Å². The number of rotatable bonds is 11. The van der Waals surface area contributed by atoms with Crippen LogP contribution >= 0.6 is 11.8 Å². The van der Waals surface area contributed by atoms with Gasteiger partial charge in [-0.1, -0.05) is 12.1 Å². The van der Waals surface area contributed by atoms with Crippen LogP contribution in [0, 0.1) is 5.82 Å². The van der Waals surface area contributed by atoms with Gasteiger partial charge in [0.1, 0.15) is 16.8 Å². The zero-order valence-corrected chi connectivity index (χ0v) is 17.9. The third kappa shape index (κ3) is 7.08. The van der Waals surface area contributed by atoms with Gasteiger partial charge in [0.05, 0.1) is 5.56 Å². The second kappa shape index (κ2) is 11.6. The van der Waals surface area contributed by atoms with E-state index in [9.17, 15) is 22.4 Å². The number of nitrogens with one attached hydrogen (secondary N) is 3. The summed E-state index contributed by atoms with van der Waals surface area (Å²) in [6.07, 6.45) is 5.02. The summed E-state index contributed by atoms with van der Waals surface area (Å²) in [7, 11) is -4.22. The van der Waals surface area contributed by atoms with Gasteiger partial charge in [0.15, 0.2) is 0 Å². The first kappa shape index (κ1) is 23.8. The standard InChI is InChI=1S/C19H23FN4O4S2/c1-29-12-8-16(24-30(27,28)17-7-3-2-6-15(17)20)19(26)23-11-10-22-18(25)14-5-4-9-21-13-14/h2-7,9,13,16,24H,8,10-12H2,1H3,(H,22,25)(H,23,26). The van der Waals surface area contributed by atoms with E-state index in [4.69, 9.17) is 0 Å². The fraction of sp³-hybridized carbons (Fsp3) is 0.316. The molecule has 2 amide bonds. The van der Waals surface area contributed by atoms with Gasteiger partial charge in [-0.2, -0.15) is 16.5 Å². The van der Waals surface area contributed by atoms with Crippen molar-refractivity contribution < 1.29 is 22.4 Å². The fourth-order valence-corrected chi connectivity index (χ4v) is 4.26. The average Bonchev–Trinajstić information content (AvgIpc) is 2.74. The Morgan fingerprint density at radius 2 is 1.87 bits per heavy atom. The van der Waals surface area contributed by atoms with Crippen LogP contribution in [0.4, 0.5) is 4.39 Å². The molecule has 0 aliphatic rings. The average molecular weight is 455 g/mol. The minimum Gasteiger partial charge on any atom is -0.353 e. The number of pyridine rings is 1. The van der Waals surface area contributed by atoms with Crippen LogP contribution in [-0.2, 0) is 14.8 Å². The molecule has 0 saturated heterocycles. The summed E-state index contributed by atoms with van der Waals surface area (Å²) in [5.41, 5.74) is 0.388. The van der Waals surface area contributed by atoms with Gasteiger partial charge in [0, 0.05) is 25.5 Å². The Morgan fingerprint density at radius 3 is 2.53 bits per heavy atom. The van der Waals surface area contributed by atoms with E-state index in [2.05, 4.69) is 20.3 Å². The maximum absolute atomic E-state index is 13.9. The Bertz CT molecular complexity index is 958. The van der Waals surface area contributed by atoms with Crippen LogP contribution in [0.15, 0.2) is 53.7 Å². The van der Waals surface area contributed by atoms with E-state index in [1.165, 1.54) is 30.1 Å². The number of sulfonamides is 1. The molecule has 0 aliphatic carbocycles. The quantitative estimate of drug-likeness (QED) is 0.439. The lowest BCUT2D eigenvalue weighted by Crippen LogP contribution is -2.48. The molecule has 0 bridgehead atoms. The van der Waals surface area contributed by atoms with E-state index >= 15 is 0 Å². The molecule has 0 aliphatic heterocycles. The van der Waals surface area contributed by atoms with Crippen molar-refractivity contribution in [2.75, 3.05) is 25.1 Å². The highest BCUT2D eigenvalue weighted by Gasteiger charge is 2.27. The molecule has 1 heterocycles. The maximum atomic E-state index is 13.9. The van der Waals surface area contributed by atoms with E-state index in [1.807, 2.05) is 6.26 Å². The van der Waals surface area contributed by atoms with E-state index in [0.717, 1.165) is 12.1 Å². The van der Waals surface area contributed by atoms with Crippen molar-refractivity contribution in [3.63, 3.8) is 0 Å². The van der Waals surface area contributed by atoms with Crippen molar-refractivity contribution in [2.24, 2.45) is 0 Å². The molecule has 2 rings (SSSR count). The molecule has 3 N–H and O–H groups in total. The van der Waals surface area contributed by atoms with Crippen LogP contribution < -0.4 is 15.4 Å². The number of hydrogen-bond donors (Lipinski definition) is 3. The Kier molecular flexibility index (Phi) is 9.21. The topological polar surface area (TPSA) is 117 Å². The number of aromatic nitrogens is 1. The summed E-state index contributed by atoms with van der Waals surface area (Å²) in [6.45, 7) is 0.247. The van der Waals surface area contributed by atoms with E-state index < -0.39 is 32.7 Å². The summed E-state index contributed by atoms with van der Waals surface area (Å²) in [4.78, 5) is 27.8. The SMILES string of the molecule is CSCCC(NS(=O)(=O)c1ccccc1F)C(=O)NCCNC(=O)c1cccnc1. The summed E-state index contributed by atoms with van der Waals surface area (Å²) < 4.78 is 41.2. The molecule has 162 valence electrons. The Labute approximate surface area is 179 Å². The monoisotopic (exact) mass is 454 g/mol. The smallest absolute Gasteiger partial charge is 0.252 e. The molecule has 1 atom stereocenters. The van der Waals surface area contributed by atoms with Gasteiger partial charge < -0.3 is 10.6 Å². The lowest BCUT2D eigenvalue weighted by Gasteiger charge is -2.18. The number of thioether (sulfide) groups is 1. The largest absolute Gasteiger partial charge is 0.353 e. The molecule has 30 heavy (non-hydrogen) atoms. The predicted octanol–water partition coefficient (Wildman–Crippen LogP) is 1.17. The van der Waals surface area contributed by atoms with Crippen molar-refractivity contribution in [1.82, 2.24) is 20.3 Å². The van der Waals surface area contributed by atoms with Crippen molar-refractivity contribution in [3.05, 3.63) is 60.2 Å². The van der Waals surface area contributed by atoms with Gasteiger partial charge in [0.2, 0.25) is 15.9 Å². The molecule has 1 aromatic carbocycles. The zero-order chi connectivity index (χ0) is 22.0. The van der Waals surface area contributed by atoms with E-state index in [1.54, 1.807) is 18.3 Å². The van der Waals surface area contributed by atoms with Crippen LogP contribution in [0.3, 0.4) is 0 Å². The first-order valence-corrected chi connectivity index (χ1v) is 11.9. The minimum absolute atomic E-state index is 0.0992. The summed E-state index contributed by atoms with van der Waals surface area (Å²) >= 11 is 1.45. The van der Waals surface area contributed by atoms with Crippen molar-refractivity contribution in [3.8, 4) is 0 Å². The molecule has 0 radical (unpaired) electrons. The van der Waals surface area contributed by atoms with Crippen LogP contribution in [-0.4, -0.2) is 56.4 Å². The lowest BCUT2D eigenvalue weighted by molar-refractivity contribution is -0.122. The maximum Gasteiger partial charge on any atom is 0.252 e. The Morgan fingerprint density at radius 1 is 1.13 bits per heavy atom. The Balaban J connectivity index is 1.93. The molecule has 0 fully saturated rings. The number of hydrogen-bond acceptors (Lipinski definition) is 6. The third-order valence-corrected chi connectivity index (χ3v) is 6.13. The first-order chi connectivity index (χ1) is 14.3. The molecule has 0 spiro atoms. The highest BCUT2D eigenvalue weighted by atomic mass is 32.2. The molecule has 1 unspecified atom stereocenters. The highest BCUT2D eigenvalue weighted by molar-refractivity contribution is 7.98. The van der Waals surface area contributed by atoms with Crippen molar-refractivity contribution in [1.29, 1.82) is 0 Å². The molecular weight excluding hydrogens is 431 g/mol. The van der Waals surface area contributed by atoms with Gasteiger partial charge >= 0.3 is 0 Å². The van der Waals surface area contributed by atoms with Gasteiger partial charge in [-0.15, -0.1) is 0 Å². The van der Waals surface area contributed by atoms with Crippen LogP contribution in [0.2, 0.25) is 0 Å². The van der Waals surface area contributed by atoms with E-state index in [0.29, 0.717) is 11.3 Å². The van der Waals surface area contributed by atoms with Crippen LogP contribution in [0.25, 0.3) is 0 Å². The number of halogens is 1. The second-order valence-corrected chi connectivity index (χ2v) is 8.84. The van der Waals surface area contributed by atoms with Crippen LogP contribution in [0.5, 0.6) is 0 Å². The van der Waals surface area contributed by atoms with Gasteiger partial charge in [0.25, 0.3) is 5.91 Å². The molecule has 0 saturated carbocycles. The van der Waals surface area contributed by atoms with E-state index in [-0.39, 0.29) is 25.4 Å². The zero-order valence-electron chi connectivity index (χ0n) is 16.3. The number of nitrogens with zero attached hydrogens (tertiary/aromatic N) is 1. The molecule has 11 heteroatoms. The van der Waals surface area contributed by atoms with Crippen molar-refractivity contribution >= 4 is 33.6 Å². The molecule has 2 aromatic rings. The number of carbonyl (C=O) groups excluding carboxylic acids is 2. The number of amides is 2. The summed E-state index contributed by atoms with van der Waals surface area (Å²) in [5, 5.41) is 5.22. The molecule has 8 nitrogen and oxygen atoms in total. The molecule has 1 aromatic heterocycles. The number of carbonyl (C=O) groups is 2. The first-order valence-electron chi connectivity index (χ1n) is 9.07. The Hall–Kier alpha value is -2.50. The number of benzene rings is 1. The third-order valence-electron chi connectivity index (χ3n) is 3.98. The van der Waals surface area contributed by atoms with Gasteiger partial charge in [-0.25, -0.2) is 12.8 Å². The fourth-order valence-electron chi connectivity index (χ4n) is 2.48. The predicted molar refractivity (Wildman–Crippen MR) is 113 cm³/mol. The van der Waals surface area contributed by atoms with Gasteiger partial charge in [-0.05, 0) is 42.7 Å². The molecular formula is C19H23FN4O4S2. The minimum atomic E-state index is -4.22. The van der Waals surface area contributed by atoms with Gasteiger partial charge in [-0.3, -0.25) is 14.6 Å². The second-order valence-electron chi connectivity index (χ2n) is 6.17. The summed E-state index contributed by atoms with van der Waals surface area (Å²) in [6, 6.07) is 7.12. The normalized spacial score (nSPS) is 12.2. The lowest BCUT2D eigenvalue weighted by atomic mass is 10.2. The summed E-state index contributed by atoms with van der Waals surface area (Å²) in [5.74, 6) is -1.27. The van der Waals surface area contributed by atoms with Crippen molar-refractivity contribution in [2.45, 2.75) is 17.4 Å². The highest BCUT2D eigenvalue weighted by Crippen LogP contribution is 2.14.